The number of anilines is 3. The van der Waals surface area contributed by atoms with E-state index in [4.69, 9.17) is 0 Å². The second-order valence-electron chi connectivity index (χ2n) is 17.7. The fraction of sp³-hybridized carbons (Fsp3) is 0.0149. The molecule has 0 bridgehead atoms. The summed E-state index contributed by atoms with van der Waals surface area (Å²) in [5, 5.41) is 0. The monoisotopic (exact) mass is 883 g/mol. The highest BCUT2D eigenvalue weighted by atomic mass is 19.1. The molecule has 11 aromatic carbocycles. The molecule has 1 aliphatic carbocycles. The number of fused-ring (bicyclic) bond motifs is 3. The molecule has 0 heterocycles. The van der Waals surface area contributed by atoms with Gasteiger partial charge in [-0.25, -0.2) is 4.39 Å². The van der Waals surface area contributed by atoms with Gasteiger partial charge in [0, 0.05) is 22.5 Å². The fourth-order valence-corrected chi connectivity index (χ4v) is 10.7. The Morgan fingerprint density at radius 3 is 1.22 bits per heavy atom. The van der Waals surface area contributed by atoms with E-state index in [0.717, 1.165) is 101 Å². The van der Waals surface area contributed by atoms with Crippen LogP contribution in [0.3, 0.4) is 0 Å². The van der Waals surface area contributed by atoms with Gasteiger partial charge in [0.2, 0.25) is 0 Å². The maximum absolute atomic E-state index is 17.3. The normalized spacial score (nSPS) is 12.2. The van der Waals surface area contributed by atoms with Crippen molar-refractivity contribution in [2.45, 2.75) is 5.41 Å². The number of benzene rings is 11. The molecule has 0 amide bonds. The summed E-state index contributed by atoms with van der Waals surface area (Å²) in [6.45, 7) is 0. The number of nitrogens with zero attached hydrogens (tertiary/aromatic N) is 1. The standard InChI is InChI=1S/C67H46FN/c68-63-43-42-59(53-33-31-50(32-34-53)47-19-7-1-8-20-47)66-65(63)60-41-40-58(46-62(60)67(66,55-27-15-5-16-28-55)56-29-17-6-18-30-56)69(57-38-35-51(36-39-57)48-21-9-2-10-22-48)64-44-37-54(49-23-11-3-12-24-49)45-61(64)52-25-13-4-14-26-52/h1-46H. The summed E-state index contributed by atoms with van der Waals surface area (Å²) in [6.07, 6.45) is 0. The summed E-state index contributed by atoms with van der Waals surface area (Å²) in [5.41, 5.74) is 18.8. The molecule has 2 heteroatoms. The van der Waals surface area contributed by atoms with Crippen molar-refractivity contribution in [3.05, 3.63) is 307 Å². The van der Waals surface area contributed by atoms with E-state index in [1.165, 1.54) is 0 Å². The summed E-state index contributed by atoms with van der Waals surface area (Å²) in [7, 11) is 0. The van der Waals surface area contributed by atoms with E-state index in [-0.39, 0.29) is 5.82 Å². The molecule has 0 aromatic heterocycles. The number of halogens is 1. The Morgan fingerprint density at radius 1 is 0.290 bits per heavy atom. The second kappa shape index (κ2) is 17.8. The molecule has 0 aliphatic heterocycles. The van der Waals surface area contributed by atoms with Crippen molar-refractivity contribution in [3.8, 4) is 66.8 Å². The Labute approximate surface area is 403 Å². The van der Waals surface area contributed by atoms with E-state index in [0.29, 0.717) is 5.56 Å². The van der Waals surface area contributed by atoms with Gasteiger partial charge in [0.1, 0.15) is 5.82 Å². The Morgan fingerprint density at radius 2 is 0.681 bits per heavy atom. The van der Waals surface area contributed by atoms with Gasteiger partial charge < -0.3 is 4.90 Å². The van der Waals surface area contributed by atoms with E-state index in [2.05, 4.69) is 266 Å². The lowest BCUT2D eigenvalue weighted by atomic mass is 9.66. The average molecular weight is 884 g/mol. The highest BCUT2D eigenvalue weighted by Crippen LogP contribution is 2.60. The van der Waals surface area contributed by atoms with Crippen LogP contribution in [0.5, 0.6) is 0 Å². The molecule has 326 valence electrons. The smallest absolute Gasteiger partial charge is 0.131 e. The summed E-state index contributed by atoms with van der Waals surface area (Å²) in [6, 6.07) is 98.4. The lowest BCUT2D eigenvalue weighted by molar-refractivity contribution is 0.629. The van der Waals surface area contributed by atoms with Crippen LogP contribution in [0.15, 0.2) is 279 Å². The zero-order valence-corrected chi connectivity index (χ0v) is 37.9. The van der Waals surface area contributed by atoms with Gasteiger partial charge in [-0.3, -0.25) is 0 Å². The van der Waals surface area contributed by atoms with Gasteiger partial charge in [-0.1, -0.05) is 237 Å². The van der Waals surface area contributed by atoms with E-state index in [1.54, 1.807) is 6.07 Å². The van der Waals surface area contributed by atoms with Crippen molar-refractivity contribution >= 4 is 17.1 Å². The Balaban J connectivity index is 1.12. The third-order valence-corrected chi connectivity index (χ3v) is 13.8. The average Bonchev–Trinajstić information content (AvgIpc) is 3.75. The highest BCUT2D eigenvalue weighted by molar-refractivity contribution is 5.97. The maximum Gasteiger partial charge on any atom is 0.131 e. The topological polar surface area (TPSA) is 3.24 Å². The van der Waals surface area contributed by atoms with Crippen molar-refractivity contribution in [1.82, 2.24) is 0 Å². The summed E-state index contributed by atoms with van der Waals surface area (Å²) in [4.78, 5) is 2.38. The minimum absolute atomic E-state index is 0.242. The molecular weight excluding hydrogens is 838 g/mol. The molecule has 0 saturated heterocycles. The van der Waals surface area contributed by atoms with E-state index in [1.807, 2.05) is 12.1 Å². The fourth-order valence-electron chi connectivity index (χ4n) is 10.7. The first-order chi connectivity index (χ1) is 34.1. The quantitative estimate of drug-likeness (QED) is 0.132. The van der Waals surface area contributed by atoms with Crippen LogP contribution in [0.4, 0.5) is 21.5 Å². The largest absolute Gasteiger partial charge is 0.310 e. The SMILES string of the molecule is Fc1ccc(-c2ccc(-c3ccccc3)cc2)c2c1-c1ccc(N(c3ccc(-c4ccccc4)cc3)c3ccc(-c4ccccc4)cc3-c3ccccc3)cc1C2(c1ccccc1)c1ccccc1. The zero-order valence-electron chi connectivity index (χ0n) is 37.9. The number of rotatable bonds is 10. The van der Waals surface area contributed by atoms with Crippen molar-refractivity contribution in [1.29, 1.82) is 0 Å². The molecule has 1 aliphatic rings. The third kappa shape index (κ3) is 7.35. The molecular formula is C67H46FN. The Bertz CT molecular complexity index is 3520. The lowest BCUT2D eigenvalue weighted by Gasteiger charge is -2.36. The van der Waals surface area contributed by atoms with Gasteiger partial charge in [-0.2, -0.15) is 0 Å². The van der Waals surface area contributed by atoms with Gasteiger partial charge in [0.05, 0.1) is 11.1 Å². The van der Waals surface area contributed by atoms with Crippen molar-refractivity contribution < 1.29 is 4.39 Å². The maximum atomic E-state index is 17.3. The molecule has 0 radical (unpaired) electrons. The van der Waals surface area contributed by atoms with Crippen LogP contribution in [-0.2, 0) is 5.41 Å². The first-order valence-electron chi connectivity index (χ1n) is 23.6. The zero-order chi connectivity index (χ0) is 46.2. The predicted octanol–water partition coefficient (Wildman–Crippen LogP) is 18.0. The van der Waals surface area contributed by atoms with Crippen LogP contribution in [-0.4, -0.2) is 0 Å². The van der Waals surface area contributed by atoms with Crippen molar-refractivity contribution in [2.75, 3.05) is 4.90 Å². The Kier molecular flexibility index (Phi) is 10.7. The summed E-state index contributed by atoms with van der Waals surface area (Å²) < 4.78 is 17.3. The Hall–Kier alpha value is -8.85. The molecule has 11 aromatic rings. The van der Waals surface area contributed by atoms with Gasteiger partial charge in [-0.15, -0.1) is 0 Å². The van der Waals surface area contributed by atoms with Crippen LogP contribution in [0, 0.1) is 5.82 Å². The van der Waals surface area contributed by atoms with E-state index < -0.39 is 5.41 Å². The molecule has 0 spiro atoms. The van der Waals surface area contributed by atoms with E-state index >= 15 is 4.39 Å². The summed E-state index contributed by atoms with van der Waals surface area (Å²) in [5.74, 6) is -0.242. The second-order valence-corrected chi connectivity index (χ2v) is 17.7. The lowest BCUT2D eigenvalue weighted by Crippen LogP contribution is -2.29. The van der Waals surface area contributed by atoms with Crippen LogP contribution in [0.25, 0.3) is 66.8 Å². The van der Waals surface area contributed by atoms with Crippen LogP contribution >= 0.6 is 0 Å². The molecule has 0 N–H and O–H groups in total. The predicted molar refractivity (Wildman–Crippen MR) is 286 cm³/mol. The molecule has 0 fully saturated rings. The summed E-state index contributed by atoms with van der Waals surface area (Å²) >= 11 is 0. The minimum atomic E-state index is -0.902. The van der Waals surface area contributed by atoms with Crippen LogP contribution in [0.1, 0.15) is 22.3 Å². The van der Waals surface area contributed by atoms with Crippen molar-refractivity contribution in [2.24, 2.45) is 0 Å². The van der Waals surface area contributed by atoms with Gasteiger partial charge in [0.25, 0.3) is 0 Å². The van der Waals surface area contributed by atoms with E-state index in [9.17, 15) is 0 Å². The van der Waals surface area contributed by atoms with Crippen molar-refractivity contribution in [3.63, 3.8) is 0 Å². The third-order valence-electron chi connectivity index (χ3n) is 13.8. The molecule has 0 atom stereocenters. The van der Waals surface area contributed by atoms with Gasteiger partial charge in [0.15, 0.2) is 0 Å². The molecule has 69 heavy (non-hydrogen) atoms. The van der Waals surface area contributed by atoms with Crippen LogP contribution < -0.4 is 4.90 Å². The molecule has 0 saturated carbocycles. The number of hydrogen-bond acceptors (Lipinski definition) is 1. The highest BCUT2D eigenvalue weighted by Gasteiger charge is 2.49. The molecule has 1 nitrogen and oxygen atoms in total. The molecule has 0 unspecified atom stereocenters. The minimum Gasteiger partial charge on any atom is -0.310 e. The van der Waals surface area contributed by atoms with Crippen LogP contribution in [0.2, 0.25) is 0 Å². The first-order valence-corrected chi connectivity index (χ1v) is 23.6. The van der Waals surface area contributed by atoms with Gasteiger partial charge in [-0.05, 0) is 120 Å². The van der Waals surface area contributed by atoms with Gasteiger partial charge >= 0.3 is 0 Å². The number of hydrogen-bond donors (Lipinski definition) is 0. The molecule has 12 rings (SSSR count). The first kappa shape index (κ1) is 41.6.